The molecule has 0 aliphatic rings. The van der Waals surface area contributed by atoms with Crippen LogP contribution in [0.2, 0.25) is 15.1 Å². The standard InChI is InChI=1S/C15H13Cl3N4OS/c1-6(2)13-19-15(22(3)21-13)20-14(23)12-11(18)10-8(17)4-7(16)5-9(10)24-12/h4-6H,1-3H3,(H,19,20,21,23). The van der Waals surface area contributed by atoms with E-state index < -0.39 is 0 Å². The number of aryl methyl sites for hydroxylation is 1. The molecule has 5 nitrogen and oxygen atoms in total. The van der Waals surface area contributed by atoms with Gasteiger partial charge in [0.05, 0.1) is 10.0 Å². The maximum Gasteiger partial charge on any atom is 0.269 e. The number of halogens is 3. The second kappa shape index (κ2) is 6.52. The molecule has 0 saturated heterocycles. The highest BCUT2D eigenvalue weighted by atomic mass is 35.5. The van der Waals surface area contributed by atoms with Gasteiger partial charge >= 0.3 is 0 Å². The van der Waals surface area contributed by atoms with Crippen LogP contribution in [0, 0.1) is 0 Å². The Morgan fingerprint density at radius 2 is 2.00 bits per heavy atom. The molecule has 9 heteroatoms. The highest BCUT2D eigenvalue weighted by Crippen LogP contribution is 2.41. The third kappa shape index (κ3) is 3.11. The van der Waals surface area contributed by atoms with Crippen molar-refractivity contribution in [1.29, 1.82) is 0 Å². The fourth-order valence-corrected chi connectivity index (χ4v) is 4.45. The molecule has 0 aliphatic heterocycles. The first-order valence-corrected chi connectivity index (χ1v) is 9.02. The van der Waals surface area contributed by atoms with Crippen LogP contribution >= 0.6 is 46.1 Å². The Balaban J connectivity index is 1.97. The normalized spacial score (nSPS) is 11.5. The number of nitrogens with one attached hydrogen (secondary N) is 1. The predicted octanol–water partition coefficient (Wildman–Crippen LogP) is 5.37. The third-order valence-corrected chi connectivity index (χ3v) is 5.52. The maximum atomic E-state index is 12.6. The van der Waals surface area contributed by atoms with E-state index in [4.69, 9.17) is 34.8 Å². The molecule has 0 radical (unpaired) electrons. The van der Waals surface area contributed by atoms with Crippen molar-refractivity contribution in [3.8, 4) is 0 Å². The van der Waals surface area contributed by atoms with Crippen molar-refractivity contribution in [2.75, 3.05) is 5.32 Å². The Kier molecular flexibility index (Phi) is 4.75. The van der Waals surface area contributed by atoms with Gasteiger partial charge in [-0.3, -0.25) is 10.1 Å². The van der Waals surface area contributed by atoms with E-state index in [1.807, 2.05) is 13.8 Å². The van der Waals surface area contributed by atoms with Crippen LogP contribution in [0.5, 0.6) is 0 Å². The Bertz CT molecular complexity index is 948. The van der Waals surface area contributed by atoms with Crippen molar-refractivity contribution < 1.29 is 4.79 Å². The van der Waals surface area contributed by atoms with Gasteiger partial charge in [0.25, 0.3) is 5.91 Å². The van der Waals surface area contributed by atoms with Crippen LogP contribution in [0.1, 0.15) is 35.3 Å². The van der Waals surface area contributed by atoms with E-state index in [9.17, 15) is 4.79 Å². The molecule has 0 fully saturated rings. The van der Waals surface area contributed by atoms with Crippen LogP contribution in [0.25, 0.3) is 10.1 Å². The lowest BCUT2D eigenvalue weighted by molar-refractivity contribution is 0.102. The van der Waals surface area contributed by atoms with Crippen molar-refractivity contribution in [3.63, 3.8) is 0 Å². The van der Waals surface area contributed by atoms with Crippen LogP contribution in [0.4, 0.5) is 5.95 Å². The van der Waals surface area contributed by atoms with E-state index >= 15 is 0 Å². The first kappa shape index (κ1) is 17.5. The topological polar surface area (TPSA) is 59.8 Å². The molecular weight excluding hydrogens is 391 g/mol. The van der Waals surface area contributed by atoms with Gasteiger partial charge in [-0.15, -0.1) is 11.3 Å². The lowest BCUT2D eigenvalue weighted by atomic mass is 10.2. The molecule has 0 bridgehead atoms. The van der Waals surface area contributed by atoms with E-state index in [0.29, 0.717) is 37.1 Å². The second-order valence-corrected chi connectivity index (χ2v) is 7.81. The first-order valence-electron chi connectivity index (χ1n) is 7.07. The molecule has 0 atom stereocenters. The highest BCUT2D eigenvalue weighted by molar-refractivity contribution is 7.21. The number of fused-ring (bicyclic) bond motifs is 1. The Labute approximate surface area is 157 Å². The summed E-state index contributed by atoms with van der Waals surface area (Å²) < 4.78 is 2.28. The van der Waals surface area contributed by atoms with Crippen molar-refractivity contribution >= 4 is 68.1 Å². The highest BCUT2D eigenvalue weighted by Gasteiger charge is 2.21. The summed E-state index contributed by atoms with van der Waals surface area (Å²) >= 11 is 19.8. The maximum absolute atomic E-state index is 12.6. The number of hydrogen-bond donors (Lipinski definition) is 1. The van der Waals surface area contributed by atoms with Gasteiger partial charge in [0.15, 0.2) is 5.82 Å². The van der Waals surface area contributed by atoms with Gasteiger partial charge in [-0.1, -0.05) is 48.7 Å². The zero-order chi connectivity index (χ0) is 17.6. The molecule has 3 aromatic rings. The zero-order valence-corrected chi connectivity index (χ0v) is 16.1. The fourth-order valence-electron chi connectivity index (χ4n) is 2.17. The Morgan fingerprint density at radius 3 is 2.62 bits per heavy atom. The SMILES string of the molecule is CC(C)c1nc(NC(=O)c2sc3cc(Cl)cc(Cl)c3c2Cl)n(C)n1. The number of carbonyl (C=O) groups excluding carboxylic acids is 1. The summed E-state index contributed by atoms with van der Waals surface area (Å²) in [5.74, 6) is 0.821. The Hall–Kier alpha value is -1.34. The molecular formula is C15H13Cl3N4OS. The van der Waals surface area contributed by atoms with E-state index in [0.717, 1.165) is 4.70 Å². The molecule has 2 aromatic heterocycles. The molecule has 1 N–H and O–H groups in total. The van der Waals surface area contributed by atoms with Gasteiger partial charge in [0, 0.05) is 28.1 Å². The summed E-state index contributed by atoms with van der Waals surface area (Å²) in [6.07, 6.45) is 0. The number of amides is 1. The molecule has 0 unspecified atom stereocenters. The largest absolute Gasteiger partial charge is 0.290 e. The lowest BCUT2D eigenvalue weighted by Gasteiger charge is -2.02. The van der Waals surface area contributed by atoms with Gasteiger partial charge in [-0.25, -0.2) is 4.68 Å². The molecule has 1 amide bonds. The van der Waals surface area contributed by atoms with Crippen LogP contribution in [0.3, 0.4) is 0 Å². The molecule has 126 valence electrons. The monoisotopic (exact) mass is 402 g/mol. The lowest BCUT2D eigenvalue weighted by Crippen LogP contribution is -2.14. The minimum Gasteiger partial charge on any atom is -0.290 e. The average molecular weight is 404 g/mol. The zero-order valence-electron chi connectivity index (χ0n) is 13.0. The molecule has 3 rings (SSSR count). The summed E-state index contributed by atoms with van der Waals surface area (Å²) in [5.41, 5.74) is 0. The van der Waals surface area contributed by atoms with Crippen molar-refractivity contribution in [3.05, 3.63) is 37.9 Å². The number of anilines is 1. The minimum atomic E-state index is -0.362. The van der Waals surface area contributed by atoms with Crippen LogP contribution in [0.15, 0.2) is 12.1 Å². The summed E-state index contributed by atoms with van der Waals surface area (Å²) in [6, 6.07) is 3.33. The summed E-state index contributed by atoms with van der Waals surface area (Å²) in [7, 11) is 1.72. The van der Waals surface area contributed by atoms with Gasteiger partial charge in [0.1, 0.15) is 4.88 Å². The molecule has 0 aliphatic carbocycles. The Morgan fingerprint density at radius 1 is 1.29 bits per heavy atom. The van der Waals surface area contributed by atoms with E-state index in [1.54, 1.807) is 19.2 Å². The van der Waals surface area contributed by atoms with Gasteiger partial charge in [0.2, 0.25) is 5.95 Å². The minimum absolute atomic E-state index is 0.163. The smallest absolute Gasteiger partial charge is 0.269 e. The number of nitrogens with zero attached hydrogens (tertiary/aromatic N) is 3. The predicted molar refractivity (Wildman–Crippen MR) is 99.9 cm³/mol. The molecule has 1 aromatic carbocycles. The van der Waals surface area contributed by atoms with E-state index in [1.165, 1.54) is 16.0 Å². The summed E-state index contributed by atoms with van der Waals surface area (Å²) in [5, 5.41) is 8.85. The molecule has 0 saturated carbocycles. The van der Waals surface area contributed by atoms with Crippen molar-refractivity contribution in [1.82, 2.24) is 14.8 Å². The molecule has 2 heterocycles. The number of aromatic nitrogens is 3. The van der Waals surface area contributed by atoms with Gasteiger partial charge in [-0.2, -0.15) is 10.1 Å². The second-order valence-electron chi connectivity index (χ2n) is 5.53. The van der Waals surface area contributed by atoms with Crippen molar-refractivity contribution in [2.24, 2.45) is 7.05 Å². The number of benzene rings is 1. The third-order valence-electron chi connectivity index (χ3n) is 3.38. The number of carbonyl (C=O) groups is 1. The first-order chi connectivity index (χ1) is 11.3. The van der Waals surface area contributed by atoms with Crippen LogP contribution in [-0.2, 0) is 7.05 Å². The summed E-state index contributed by atoms with van der Waals surface area (Å²) in [6.45, 7) is 3.96. The van der Waals surface area contributed by atoms with E-state index in [-0.39, 0.29) is 11.8 Å². The van der Waals surface area contributed by atoms with Crippen molar-refractivity contribution in [2.45, 2.75) is 19.8 Å². The van der Waals surface area contributed by atoms with Gasteiger partial charge in [-0.05, 0) is 12.1 Å². The number of thiophene rings is 1. The molecule has 0 spiro atoms. The number of rotatable bonds is 3. The molecule has 24 heavy (non-hydrogen) atoms. The van der Waals surface area contributed by atoms with E-state index in [2.05, 4.69) is 15.4 Å². The average Bonchev–Trinajstić information content (AvgIpc) is 3.00. The summed E-state index contributed by atoms with van der Waals surface area (Å²) in [4.78, 5) is 17.3. The van der Waals surface area contributed by atoms with Gasteiger partial charge < -0.3 is 0 Å². The number of hydrogen-bond acceptors (Lipinski definition) is 4. The quantitative estimate of drug-likeness (QED) is 0.640. The van der Waals surface area contributed by atoms with Crippen LogP contribution < -0.4 is 5.32 Å². The van der Waals surface area contributed by atoms with Crippen LogP contribution in [-0.4, -0.2) is 20.7 Å². The fraction of sp³-hybridized carbons (Fsp3) is 0.267.